The highest BCUT2D eigenvalue weighted by Crippen LogP contribution is 2.38. The number of halogens is 2. The number of aromatic nitrogens is 2. The van der Waals surface area contributed by atoms with Crippen molar-refractivity contribution in [2.24, 2.45) is 0 Å². The maximum Gasteiger partial charge on any atom is 0.116 e. The minimum absolute atomic E-state index is 0.522. The van der Waals surface area contributed by atoms with Gasteiger partial charge in [-0.2, -0.15) is 0 Å². The van der Waals surface area contributed by atoms with Gasteiger partial charge in [0, 0.05) is 11.9 Å². The van der Waals surface area contributed by atoms with Gasteiger partial charge < -0.3 is 5.73 Å². The van der Waals surface area contributed by atoms with Gasteiger partial charge in [0.2, 0.25) is 0 Å². The van der Waals surface area contributed by atoms with Gasteiger partial charge in [0.25, 0.3) is 0 Å². The minimum atomic E-state index is 0.522. The van der Waals surface area contributed by atoms with Crippen LogP contribution in [-0.4, -0.2) is 9.97 Å². The smallest absolute Gasteiger partial charge is 0.116 e. The van der Waals surface area contributed by atoms with Crippen molar-refractivity contribution < 1.29 is 0 Å². The molecule has 0 saturated carbocycles. The van der Waals surface area contributed by atoms with Gasteiger partial charge in [-0.3, -0.25) is 0 Å². The third-order valence-electron chi connectivity index (χ3n) is 1.78. The average Bonchev–Trinajstić information content (AvgIpc) is 2.25. The van der Waals surface area contributed by atoms with Gasteiger partial charge in [-0.1, -0.05) is 35.0 Å². The first-order valence-corrected chi connectivity index (χ1v) is 5.92. The highest BCUT2D eigenvalue weighted by molar-refractivity contribution is 7.99. The van der Waals surface area contributed by atoms with Gasteiger partial charge in [0.15, 0.2) is 0 Å². The van der Waals surface area contributed by atoms with Crippen molar-refractivity contribution in [2.45, 2.75) is 9.92 Å². The van der Waals surface area contributed by atoms with E-state index in [4.69, 9.17) is 28.9 Å². The lowest BCUT2D eigenvalue weighted by atomic mass is 10.3. The largest absolute Gasteiger partial charge is 0.399 e. The van der Waals surface area contributed by atoms with E-state index in [1.54, 1.807) is 24.4 Å². The van der Waals surface area contributed by atoms with Crippen molar-refractivity contribution in [2.75, 3.05) is 5.73 Å². The van der Waals surface area contributed by atoms with Crippen LogP contribution in [0, 0.1) is 0 Å². The molecule has 0 fully saturated rings. The van der Waals surface area contributed by atoms with E-state index in [1.165, 1.54) is 18.1 Å². The number of hydrogen-bond acceptors (Lipinski definition) is 4. The first kappa shape index (κ1) is 11.5. The molecule has 1 heterocycles. The molecule has 0 saturated heterocycles. The van der Waals surface area contributed by atoms with Crippen LogP contribution in [0.25, 0.3) is 0 Å². The normalized spacial score (nSPS) is 10.4. The van der Waals surface area contributed by atoms with E-state index in [0.717, 1.165) is 9.92 Å². The molecule has 0 spiro atoms. The highest BCUT2D eigenvalue weighted by Gasteiger charge is 2.09. The van der Waals surface area contributed by atoms with Crippen LogP contribution in [0.4, 0.5) is 5.69 Å². The Bertz CT molecular complexity index is 482. The maximum absolute atomic E-state index is 6.06. The maximum atomic E-state index is 6.06. The summed E-state index contributed by atoms with van der Waals surface area (Å²) in [5, 5.41) is 1.82. The summed E-state index contributed by atoms with van der Waals surface area (Å²) in [5.41, 5.74) is 6.16. The van der Waals surface area contributed by atoms with Gasteiger partial charge in [0.05, 0.1) is 14.9 Å². The fourth-order valence-corrected chi connectivity index (χ4v) is 2.61. The van der Waals surface area contributed by atoms with Crippen LogP contribution in [0.3, 0.4) is 0 Å². The summed E-state index contributed by atoms with van der Waals surface area (Å²) in [7, 11) is 0. The lowest BCUT2D eigenvalue weighted by molar-refractivity contribution is 1.05. The topological polar surface area (TPSA) is 51.8 Å². The molecule has 0 unspecified atom stereocenters. The Morgan fingerprint density at radius 2 is 1.88 bits per heavy atom. The molecule has 0 aliphatic rings. The van der Waals surface area contributed by atoms with Crippen LogP contribution in [0.2, 0.25) is 10.0 Å². The third kappa shape index (κ3) is 2.58. The van der Waals surface area contributed by atoms with E-state index in [1.807, 2.05) is 0 Å². The molecule has 0 atom stereocenters. The van der Waals surface area contributed by atoms with Crippen molar-refractivity contribution in [3.05, 3.63) is 40.8 Å². The van der Waals surface area contributed by atoms with Crippen LogP contribution in [0.15, 0.2) is 40.6 Å². The molecule has 0 amide bonds. The van der Waals surface area contributed by atoms with E-state index >= 15 is 0 Å². The zero-order valence-corrected chi connectivity index (χ0v) is 10.4. The molecule has 0 bridgehead atoms. The van der Waals surface area contributed by atoms with Crippen LogP contribution >= 0.6 is 35.0 Å². The zero-order chi connectivity index (χ0) is 11.5. The summed E-state index contributed by atoms with van der Waals surface area (Å²) >= 11 is 13.5. The predicted octanol–water partition coefficient (Wildman–Crippen LogP) is 3.52. The van der Waals surface area contributed by atoms with Crippen LogP contribution in [0.1, 0.15) is 0 Å². The van der Waals surface area contributed by atoms with Gasteiger partial charge in [-0.05, 0) is 18.2 Å². The number of nitrogens with two attached hydrogens (primary N) is 1. The van der Waals surface area contributed by atoms with Gasteiger partial charge >= 0.3 is 0 Å². The molecular weight excluding hydrogens is 265 g/mol. The van der Waals surface area contributed by atoms with E-state index < -0.39 is 0 Å². The molecule has 0 aliphatic carbocycles. The monoisotopic (exact) mass is 271 g/mol. The fraction of sp³-hybridized carbons (Fsp3) is 0. The predicted molar refractivity (Wildman–Crippen MR) is 67.0 cm³/mol. The van der Waals surface area contributed by atoms with Gasteiger partial charge in [0.1, 0.15) is 11.4 Å². The van der Waals surface area contributed by atoms with Crippen molar-refractivity contribution in [3.63, 3.8) is 0 Å². The van der Waals surface area contributed by atoms with E-state index in [0.29, 0.717) is 15.7 Å². The SMILES string of the molecule is Nc1cc(Cl)c(Sc2ccncn2)c(Cl)c1. The molecule has 16 heavy (non-hydrogen) atoms. The number of nitrogen functional groups attached to an aromatic ring is 1. The van der Waals surface area contributed by atoms with Crippen molar-refractivity contribution in [1.82, 2.24) is 9.97 Å². The molecule has 2 aromatic rings. The summed E-state index contributed by atoms with van der Waals surface area (Å²) in [6.45, 7) is 0. The van der Waals surface area contributed by atoms with Gasteiger partial charge in [-0.15, -0.1) is 0 Å². The van der Waals surface area contributed by atoms with Crippen LogP contribution < -0.4 is 5.73 Å². The number of anilines is 1. The summed E-state index contributed by atoms with van der Waals surface area (Å²) in [4.78, 5) is 8.66. The first-order chi connectivity index (χ1) is 7.66. The summed E-state index contributed by atoms with van der Waals surface area (Å²) in [6, 6.07) is 5.11. The molecule has 3 nitrogen and oxygen atoms in total. The third-order valence-corrected chi connectivity index (χ3v) is 3.70. The number of rotatable bonds is 2. The molecule has 82 valence electrons. The highest BCUT2D eigenvalue weighted by atomic mass is 35.5. The second kappa shape index (κ2) is 4.91. The van der Waals surface area contributed by atoms with Crippen LogP contribution in [0.5, 0.6) is 0 Å². The minimum Gasteiger partial charge on any atom is -0.399 e. The molecule has 6 heteroatoms. The lowest BCUT2D eigenvalue weighted by Crippen LogP contribution is -1.87. The first-order valence-electron chi connectivity index (χ1n) is 4.35. The Morgan fingerprint density at radius 1 is 1.19 bits per heavy atom. The van der Waals surface area contributed by atoms with Gasteiger partial charge in [-0.25, -0.2) is 9.97 Å². The molecule has 1 aromatic carbocycles. The Kier molecular flexibility index (Phi) is 3.53. The zero-order valence-electron chi connectivity index (χ0n) is 8.02. The Balaban J connectivity index is 2.35. The summed E-state index contributed by atoms with van der Waals surface area (Å²) in [5.74, 6) is 0. The van der Waals surface area contributed by atoms with E-state index in [-0.39, 0.29) is 0 Å². The van der Waals surface area contributed by atoms with Crippen molar-refractivity contribution in [1.29, 1.82) is 0 Å². The Hall–Kier alpha value is -0.970. The standard InChI is InChI=1S/C10H7Cl2N3S/c11-7-3-6(13)4-8(12)10(7)16-9-1-2-14-5-15-9/h1-5H,13H2. The molecule has 0 radical (unpaired) electrons. The average molecular weight is 272 g/mol. The number of nitrogens with zero attached hydrogens (tertiary/aromatic N) is 2. The van der Waals surface area contributed by atoms with Crippen LogP contribution in [-0.2, 0) is 0 Å². The number of benzene rings is 1. The summed E-state index contributed by atoms with van der Waals surface area (Å²) < 4.78 is 0. The quantitative estimate of drug-likeness (QED) is 0.671. The molecule has 1 aromatic heterocycles. The van der Waals surface area contributed by atoms with Crippen molar-refractivity contribution >= 4 is 40.7 Å². The molecular formula is C10H7Cl2N3S. The summed E-state index contributed by atoms with van der Waals surface area (Å²) in [6.07, 6.45) is 3.13. The second-order valence-corrected chi connectivity index (χ2v) is 4.81. The second-order valence-electron chi connectivity index (χ2n) is 2.96. The lowest BCUT2D eigenvalue weighted by Gasteiger charge is -2.06. The van der Waals surface area contributed by atoms with Crippen molar-refractivity contribution in [3.8, 4) is 0 Å². The Morgan fingerprint density at radius 3 is 2.44 bits per heavy atom. The van der Waals surface area contributed by atoms with E-state index in [9.17, 15) is 0 Å². The number of hydrogen-bond donors (Lipinski definition) is 1. The fourth-order valence-electron chi connectivity index (χ4n) is 1.12. The molecule has 2 rings (SSSR count). The Labute approximate surface area is 107 Å². The molecule has 2 N–H and O–H groups in total. The van der Waals surface area contributed by atoms with E-state index in [2.05, 4.69) is 9.97 Å². The molecule has 0 aliphatic heterocycles.